The zero-order chi connectivity index (χ0) is 20.3. The lowest BCUT2D eigenvalue weighted by Crippen LogP contribution is -2.16. The Labute approximate surface area is 164 Å². The highest BCUT2D eigenvalue weighted by Crippen LogP contribution is 2.30. The molecule has 3 rings (SSSR count). The van der Waals surface area contributed by atoms with Crippen LogP contribution in [0.25, 0.3) is 11.4 Å². The van der Waals surface area contributed by atoms with Crippen molar-refractivity contribution >= 4 is 17.5 Å². The van der Waals surface area contributed by atoms with Crippen LogP contribution < -0.4 is 0 Å². The standard InChI is InChI=1S/C20H16F3N3OS/c1-3-10-26-19(15-6-4-5-7-16(15)22)24-25-20(26)28-12(2)18(27)14-9-8-13(21)11-17(14)23/h3-9,11-12H,1,10H2,2H3. The van der Waals surface area contributed by atoms with E-state index in [0.29, 0.717) is 23.6 Å². The molecule has 1 heterocycles. The van der Waals surface area contributed by atoms with Gasteiger partial charge in [-0.15, -0.1) is 16.8 Å². The van der Waals surface area contributed by atoms with Crippen molar-refractivity contribution in [3.05, 3.63) is 78.1 Å². The summed E-state index contributed by atoms with van der Waals surface area (Å²) < 4.78 is 42.8. The molecule has 0 aliphatic rings. The van der Waals surface area contributed by atoms with E-state index >= 15 is 0 Å². The number of hydrogen-bond acceptors (Lipinski definition) is 4. The number of aromatic nitrogens is 3. The second-order valence-electron chi connectivity index (χ2n) is 5.93. The Morgan fingerprint density at radius 2 is 1.93 bits per heavy atom. The van der Waals surface area contributed by atoms with Crippen LogP contribution in [-0.4, -0.2) is 25.8 Å². The molecule has 28 heavy (non-hydrogen) atoms. The fraction of sp³-hybridized carbons (Fsp3) is 0.150. The molecule has 1 unspecified atom stereocenters. The number of carbonyl (C=O) groups excluding carboxylic acids is 1. The Kier molecular flexibility index (Phi) is 5.99. The van der Waals surface area contributed by atoms with E-state index in [4.69, 9.17) is 0 Å². The maximum Gasteiger partial charge on any atom is 0.192 e. The highest BCUT2D eigenvalue weighted by molar-refractivity contribution is 8.00. The van der Waals surface area contributed by atoms with Crippen molar-refractivity contribution in [1.29, 1.82) is 0 Å². The van der Waals surface area contributed by atoms with Crippen LogP contribution in [0.3, 0.4) is 0 Å². The zero-order valence-electron chi connectivity index (χ0n) is 14.9. The highest BCUT2D eigenvalue weighted by Gasteiger charge is 2.24. The highest BCUT2D eigenvalue weighted by atomic mass is 32.2. The SMILES string of the molecule is C=CCn1c(SC(C)C(=O)c2ccc(F)cc2F)nnc1-c1ccccc1F. The topological polar surface area (TPSA) is 47.8 Å². The molecule has 144 valence electrons. The number of halogens is 3. The molecule has 4 nitrogen and oxygen atoms in total. The molecule has 3 aromatic rings. The van der Waals surface area contributed by atoms with Crippen molar-refractivity contribution in [1.82, 2.24) is 14.8 Å². The van der Waals surface area contributed by atoms with Gasteiger partial charge in [0, 0.05) is 12.6 Å². The third-order valence-corrected chi connectivity index (χ3v) is 5.07. The lowest BCUT2D eigenvalue weighted by atomic mass is 10.1. The number of hydrogen-bond donors (Lipinski definition) is 0. The van der Waals surface area contributed by atoms with Crippen molar-refractivity contribution in [2.45, 2.75) is 23.9 Å². The van der Waals surface area contributed by atoms with Crippen LogP contribution in [0.2, 0.25) is 0 Å². The van der Waals surface area contributed by atoms with Gasteiger partial charge in [-0.3, -0.25) is 9.36 Å². The van der Waals surface area contributed by atoms with Crippen LogP contribution in [0.15, 0.2) is 60.3 Å². The molecule has 0 aliphatic carbocycles. The van der Waals surface area contributed by atoms with Gasteiger partial charge >= 0.3 is 0 Å². The van der Waals surface area contributed by atoms with Crippen molar-refractivity contribution in [2.75, 3.05) is 0 Å². The van der Waals surface area contributed by atoms with Gasteiger partial charge in [-0.2, -0.15) is 0 Å². The first-order valence-electron chi connectivity index (χ1n) is 8.37. The molecule has 0 radical (unpaired) electrons. The smallest absolute Gasteiger partial charge is 0.192 e. The summed E-state index contributed by atoms with van der Waals surface area (Å²) in [6.45, 7) is 5.57. The van der Waals surface area contributed by atoms with Gasteiger partial charge in [-0.05, 0) is 31.2 Å². The second kappa shape index (κ2) is 8.43. The molecular formula is C20H16F3N3OS. The van der Waals surface area contributed by atoms with E-state index in [1.807, 2.05) is 0 Å². The summed E-state index contributed by atoms with van der Waals surface area (Å²) >= 11 is 1.06. The molecular weight excluding hydrogens is 387 g/mol. The minimum atomic E-state index is -0.919. The van der Waals surface area contributed by atoms with E-state index < -0.39 is 28.5 Å². The van der Waals surface area contributed by atoms with E-state index in [-0.39, 0.29) is 11.1 Å². The molecule has 1 atom stereocenters. The van der Waals surface area contributed by atoms with Crippen LogP contribution >= 0.6 is 11.8 Å². The fourth-order valence-electron chi connectivity index (χ4n) is 2.63. The summed E-state index contributed by atoms with van der Waals surface area (Å²) in [4.78, 5) is 12.6. The number of ketones is 1. The summed E-state index contributed by atoms with van der Waals surface area (Å²) in [6.07, 6.45) is 1.60. The molecule has 0 saturated carbocycles. The number of benzene rings is 2. The van der Waals surface area contributed by atoms with E-state index in [1.165, 1.54) is 6.07 Å². The van der Waals surface area contributed by atoms with Crippen LogP contribution in [0.1, 0.15) is 17.3 Å². The summed E-state index contributed by atoms with van der Waals surface area (Å²) in [5.41, 5.74) is 0.0674. The average Bonchev–Trinajstić information content (AvgIpc) is 3.04. The van der Waals surface area contributed by atoms with Gasteiger partial charge in [0.1, 0.15) is 17.5 Å². The van der Waals surface area contributed by atoms with Gasteiger partial charge in [0.15, 0.2) is 16.8 Å². The van der Waals surface area contributed by atoms with Gasteiger partial charge in [0.2, 0.25) is 0 Å². The predicted octanol–water partition coefficient (Wildman–Crippen LogP) is 4.91. The summed E-state index contributed by atoms with van der Waals surface area (Å²) in [7, 11) is 0. The lowest BCUT2D eigenvalue weighted by Gasteiger charge is -2.12. The summed E-state index contributed by atoms with van der Waals surface area (Å²) in [5.74, 6) is -2.34. The van der Waals surface area contributed by atoms with E-state index in [0.717, 1.165) is 23.9 Å². The Morgan fingerprint density at radius 1 is 1.18 bits per heavy atom. The molecule has 1 aromatic heterocycles. The molecule has 0 N–H and O–H groups in total. The molecule has 0 spiro atoms. The van der Waals surface area contributed by atoms with Crippen LogP contribution in [0.4, 0.5) is 13.2 Å². The Balaban J connectivity index is 1.90. The lowest BCUT2D eigenvalue weighted by molar-refractivity contribution is 0.0990. The third-order valence-electron chi connectivity index (χ3n) is 3.99. The van der Waals surface area contributed by atoms with Gasteiger partial charge in [0.25, 0.3) is 0 Å². The third kappa shape index (κ3) is 4.01. The molecule has 0 fully saturated rings. The minimum absolute atomic E-state index is 0.203. The number of carbonyl (C=O) groups is 1. The van der Waals surface area contributed by atoms with Gasteiger partial charge in [-0.25, -0.2) is 13.2 Å². The largest absolute Gasteiger partial charge is 0.298 e. The number of rotatable bonds is 7. The average molecular weight is 403 g/mol. The van der Waals surface area contributed by atoms with Gasteiger partial charge in [0.05, 0.1) is 16.4 Å². The number of thioether (sulfide) groups is 1. The molecule has 0 saturated heterocycles. The van der Waals surface area contributed by atoms with Crippen LogP contribution in [0, 0.1) is 17.5 Å². The van der Waals surface area contributed by atoms with E-state index in [1.54, 1.807) is 35.8 Å². The molecule has 0 aliphatic heterocycles. The maximum absolute atomic E-state index is 14.2. The Bertz CT molecular complexity index is 1040. The van der Waals surface area contributed by atoms with Crippen LogP contribution in [-0.2, 0) is 6.54 Å². The fourth-order valence-corrected chi connectivity index (χ4v) is 3.56. The van der Waals surface area contributed by atoms with Crippen molar-refractivity contribution in [3.63, 3.8) is 0 Å². The first kappa shape index (κ1) is 19.9. The number of nitrogens with zero attached hydrogens (tertiary/aromatic N) is 3. The Morgan fingerprint density at radius 3 is 2.61 bits per heavy atom. The first-order chi connectivity index (χ1) is 13.4. The zero-order valence-corrected chi connectivity index (χ0v) is 15.7. The second-order valence-corrected chi connectivity index (χ2v) is 7.24. The predicted molar refractivity (Wildman–Crippen MR) is 102 cm³/mol. The number of allylic oxidation sites excluding steroid dienone is 1. The van der Waals surface area contributed by atoms with Gasteiger partial charge < -0.3 is 0 Å². The maximum atomic E-state index is 14.2. The van der Waals surface area contributed by atoms with Crippen LogP contribution in [0.5, 0.6) is 0 Å². The number of Topliss-reactive ketones (excluding diaryl/α,β-unsaturated/α-hetero) is 1. The van der Waals surface area contributed by atoms with E-state index in [9.17, 15) is 18.0 Å². The Hall–Kier alpha value is -2.87. The van der Waals surface area contributed by atoms with Crippen molar-refractivity contribution in [3.8, 4) is 11.4 Å². The quantitative estimate of drug-likeness (QED) is 0.319. The van der Waals surface area contributed by atoms with Gasteiger partial charge in [-0.1, -0.05) is 30.0 Å². The molecule has 8 heteroatoms. The minimum Gasteiger partial charge on any atom is -0.298 e. The molecule has 2 aromatic carbocycles. The summed E-state index contributed by atoms with van der Waals surface area (Å²) in [6, 6.07) is 8.96. The van der Waals surface area contributed by atoms with E-state index in [2.05, 4.69) is 16.8 Å². The van der Waals surface area contributed by atoms with Crippen molar-refractivity contribution < 1.29 is 18.0 Å². The monoisotopic (exact) mass is 403 g/mol. The molecule has 0 amide bonds. The first-order valence-corrected chi connectivity index (χ1v) is 9.25. The summed E-state index contributed by atoms with van der Waals surface area (Å²) in [5, 5.41) is 7.75. The van der Waals surface area contributed by atoms with Crippen molar-refractivity contribution in [2.24, 2.45) is 0 Å². The molecule has 0 bridgehead atoms. The normalized spacial score (nSPS) is 12.0.